The number of carbonyl (C=O) groups is 1. The number of nitrogens with zero attached hydrogens (tertiary/aromatic N) is 2. The molecule has 2 aromatic carbocycles. The minimum absolute atomic E-state index is 0.0815. The molecule has 7 heteroatoms. The normalized spacial score (nSPS) is 12.5. The minimum Gasteiger partial charge on any atom is -0.481 e. The van der Waals surface area contributed by atoms with E-state index in [4.69, 9.17) is 9.47 Å². The molecular formula is C28H27N3O4. The standard InChI is InChI=1S/C28H27N3O4/c1-16(2)15-21-23(35-17(3)27(32)30-13-14-34-4)10-9-22-24(21)20-11-12-29-25-18-7-5-6-8-19(18)28(33)31(22)26(20)25/h5-12,17H,1,13-15H2,2-4H3,(H,30,32)/t17-/m0/s1. The maximum absolute atomic E-state index is 13.6. The zero-order valence-electron chi connectivity index (χ0n) is 20.1. The first kappa shape index (κ1) is 22.8. The average Bonchev–Trinajstić information content (AvgIpc) is 3.19. The molecule has 5 aromatic rings. The molecule has 0 aliphatic carbocycles. The molecular weight excluding hydrogens is 442 g/mol. The van der Waals surface area contributed by atoms with E-state index in [0.717, 1.165) is 43.8 Å². The van der Waals surface area contributed by atoms with Crippen LogP contribution in [0.15, 0.2) is 65.6 Å². The molecule has 0 aliphatic rings. The predicted molar refractivity (Wildman–Crippen MR) is 139 cm³/mol. The first-order valence-corrected chi connectivity index (χ1v) is 11.6. The summed E-state index contributed by atoms with van der Waals surface area (Å²) in [5, 5.41) is 6.11. The van der Waals surface area contributed by atoms with Gasteiger partial charge in [-0.2, -0.15) is 0 Å². The Morgan fingerprint density at radius 3 is 2.66 bits per heavy atom. The maximum atomic E-state index is 13.6. The molecule has 0 fully saturated rings. The van der Waals surface area contributed by atoms with Crippen molar-refractivity contribution >= 4 is 44.0 Å². The molecule has 0 aliphatic heterocycles. The van der Waals surface area contributed by atoms with Crippen molar-refractivity contribution in [3.05, 3.63) is 76.7 Å². The van der Waals surface area contributed by atoms with Gasteiger partial charge >= 0.3 is 0 Å². The van der Waals surface area contributed by atoms with Crippen LogP contribution in [0.3, 0.4) is 0 Å². The van der Waals surface area contributed by atoms with E-state index in [0.29, 0.717) is 30.7 Å². The van der Waals surface area contributed by atoms with E-state index in [1.807, 2.05) is 49.4 Å². The molecule has 0 bridgehead atoms. The van der Waals surface area contributed by atoms with Crippen LogP contribution < -0.4 is 15.6 Å². The molecule has 1 atom stereocenters. The number of carbonyl (C=O) groups excluding carboxylic acids is 1. The second-order valence-electron chi connectivity index (χ2n) is 8.86. The SMILES string of the molecule is C=C(C)Cc1c(O[C@@H](C)C(=O)NCCOC)ccc2c1c1ccnc3c4ccccc4c(=O)n2c13. The summed E-state index contributed by atoms with van der Waals surface area (Å²) in [6, 6.07) is 13.2. The van der Waals surface area contributed by atoms with Crippen molar-refractivity contribution in [2.24, 2.45) is 0 Å². The van der Waals surface area contributed by atoms with Gasteiger partial charge in [0.1, 0.15) is 5.75 Å². The second-order valence-corrected chi connectivity index (χ2v) is 8.86. The third-order valence-corrected chi connectivity index (χ3v) is 6.28. The number of amides is 1. The van der Waals surface area contributed by atoms with Crippen LogP contribution >= 0.6 is 0 Å². The first-order chi connectivity index (χ1) is 16.9. The number of aromatic nitrogens is 2. The van der Waals surface area contributed by atoms with Crippen LogP contribution in [0, 0.1) is 0 Å². The minimum atomic E-state index is -0.708. The topological polar surface area (TPSA) is 81.9 Å². The molecule has 0 spiro atoms. The summed E-state index contributed by atoms with van der Waals surface area (Å²) in [6.07, 6.45) is 1.61. The van der Waals surface area contributed by atoms with Crippen LogP contribution in [0.1, 0.15) is 19.4 Å². The van der Waals surface area contributed by atoms with E-state index < -0.39 is 6.10 Å². The molecule has 35 heavy (non-hydrogen) atoms. The van der Waals surface area contributed by atoms with Crippen LogP contribution in [0.25, 0.3) is 38.1 Å². The van der Waals surface area contributed by atoms with E-state index in [9.17, 15) is 9.59 Å². The fraction of sp³-hybridized carbons (Fsp3) is 0.250. The molecule has 3 heterocycles. The van der Waals surface area contributed by atoms with Crippen molar-refractivity contribution in [1.29, 1.82) is 0 Å². The van der Waals surface area contributed by atoms with Crippen LogP contribution in [0.2, 0.25) is 0 Å². The number of ether oxygens (including phenoxy) is 2. The van der Waals surface area contributed by atoms with Crippen molar-refractivity contribution in [2.75, 3.05) is 20.3 Å². The smallest absolute Gasteiger partial charge is 0.263 e. The average molecular weight is 470 g/mol. The number of allylic oxidation sites excluding steroid dienone is 1. The molecule has 1 amide bonds. The summed E-state index contributed by atoms with van der Waals surface area (Å²) in [6.45, 7) is 8.62. The van der Waals surface area contributed by atoms with Gasteiger partial charge in [-0.05, 0) is 44.5 Å². The summed E-state index contributed by atoms with van der Waals surface area (Å²) in [4.78, 5) is 30.8. The molecule has 5 rings (SSSR count). The van der Waals surface area contributed by atoms with Gasteiger partial charge in [0.25, 0.3) is 11.5 Å². The highest BCUT2D eigenvalue weighted by atomic mass is 16.5. The number of fused-ring (bicyclic) bond motifs is 5. The van der Waals surface area contributed by atoms with E-state index in [1.54, 1.807) is 24.6 Å². The predicted octanol–water partition coefficient (Wildman–Crippen LogP) is 4.24. The quantitative estimate of drug-likeness (QED) is 0.209. The zero-order chi connectivity index (χ0) is 24.7. The Balaban J connectivity index is 1.75. The van der Waals surface area contributed by atoms with Gasteiger partial charge in [0.05, 0.1) is 23.2 Å². The summed E-state index contributed by atoms with van der Waals surface area (Å²) in [5.41, 5.74) is 4.11. The summed E-state index contributed by atoms with van der Waals surface area (Å²) in [7, 11) is 1.59. The lowest BCUT2D eigenvalue weighted by Gasteiger charge is -2.18. The van der Waals surface area contributed by atoms with E-state index >= 15 is 0 Å². The third kappa shape index (κ3) is 3.78. The number of benzene rings is 2. The number of methoxy groups -OCH3 is 1. The van der Waals surface area contributed by atoms with E-state index in [2.05, 4.69) is 16.9 Å². The van der Waals surface area contributed by atoms with Crippen LogP contribution in [0.4, 0.5) is 0 Å². The van der Waals surface area contributed by atoms with Crippen LogP contribution in [0.5, 0.6) is 5.75 Å². The lowest BCUT2D eigenvalue weighted by molar-refractivity contribution is -0.127. The highest BCUT2D eigenvalue weighted by molar-refractivity contribution is 6.19. The summed E-state index contributed by atoms with van der Waals surface area (Å²) >= 11 is 0. The molecule has 1 N–H and O–H groups in total. The van der Waals surface area contributed by atoms with Crippen molar-refractivity contribution in [3.63, 3.8) is 0 Å². The lowest BCUT2D eigenvalue weighted by Crippen LogP contribution is -2.38. The Morgan fingerprint density at radius 1 is 1.14 bits per heavy atom. The van der Waals surface area contributed by atoms with Crippen molar-refractivity contribution < 1.29 is 14.3 Å². The number of pyridine rings is 2. The number of rotatable bonds is 8. The first-order valence-electron chi connectivity index (χ1n) is 11.6. The zero-order valence-corrected chi connectivity index (χ0v) is 20.1. The van der Waals surface area contributed by atoms with E-state index in [1.165, 1.54) is 0 Å². The Morgan fingerprint density at radius 2 is 1.91 bits per heavy atom. The van der Waals surface area contributed by atoms with Gasteiger partial charge in [-0.1, -0.05) is 30.4 Å². The number of hydrogen-bond acceptors (Lipinski definition) is 5. The number of hydrogen-bond donors (Lipinski definition) is 1. The Labute approximate surface area is 202 Å². The summed E-state index contributed by atoms with van der Waals surface area (Å²) in [5.74, 6) is 0.373. The largest absolute Gasteiger partial charge is 0.481 e. The van der Waals surface area contributed by atoms with E-state index in [-0.39, 0.29) is 11.5 Å². The maximum Gasteiger partial charge on any atom is 0.263 e. The van der Waals surface area contributed by atoms with Crippen molar-refractivity contribution in [3.8, 4) is 5.75 Å². The second kappa shape index (κ2) is 9.00. The molecule has 0 unspecified atom stereocenters. The fourth-order valence-corrected chi connectivity index (χ4v) is 4.76. The molecule has 7 nitrogen and oxygen atoms in total. The van der Waals surface area contributed by atoms with Crippen LogP contribution in [-0.2, 0) is 16.0 Å². The van der Waals surface area contributed by atoms with Gasteiger partial charge in [0.15, 0.2) is 6.10 Å². The lowest BCUT2D eigenvalue weighted by atomic mass is 9.99. The molecule has 0 saturated carbocycles. The van der Waals surface area contributed by atoms with Gasteiger partial charge in [-0.25, -0.2) is 0 Å². The van der Waals surface area contributed by atoms with Crippen LogP contribution in [-0.4, -0.2) is 41.7 Å². The van der Waals surface area contributed by atoms with Gasteiger partial charge in [-0.3, -0.25) is 19.0 Å². The monoisotopic (exact) mass is 469 g/mol. The van der Waals surface area contributed by atoms with Gasteiger partial charge in [0.2, 0.25) is 0 Å². The molecule has 178 valence electrons. The molecule has 3 aromatic heterocycles. The van der Waals surface area contributed by atoms with Crippen molar-refractivity contribution in [2.45, 2.75) is 26.4 Å². The van der Waals surface area contributed by atoms with Gasteiger partial charge in [0, 0.05) is 47.0 Å². The molecule has 0 radical (unpaired) electrons. The highest BCUT2D eigenvalue weighted by Crippen LogP contribution is 2.39. The third-order valence-electron chi connectivity index (χ3n) is 6.28. The number of nitrogens with one attached hydrogen (secondary N) is 1. The van der Waals surface area contributed by atoms with Gasteiger partial charge < -0.3 is 14.8 Å². The van der Waals surface area contributed by atoms with Gasteiger partial charge in [-0.15, -0.1) is 0 Å². The van der Waals surface area contributed by atoms with Crippen molar-refractivity contribution in [1.82, 2.24) is 14.7 Å². The summed E-state index contributed by atoms with van der Waals surface area (Å²) < 4.78 is 12.9. The Hall–Kier alpha value is -3.97. The highest BCUT2D eigenvalue weighted by Gasteiger charge is 2.23. The molecule has 0 saturated heterocycles. The Kier molecular flexibility index (Phi) is 5.86. The Bertz CT molecular complexity index is 1650. The fourth-order valence-electron chi connectivity index (χ4n) is 4.76.